The van der Waals surface area contributed by atoms with Crippen molar-refractivity contribution in [3.8, 4) is 0 Å². The van der Waals surface area contributed by atoms with Crippen LogP contribution in [0.1, 0.15) is 0 Å². The largest absolute Gasteiger partial charge is 0.513 e. The second-order valence-corrected chi connectivity index (χ2v) is 4.11. The normalized spacial score (nSPS) is 27.7. The second-order valence-electron chi connectivity index (χ2n) is 2.33. The highest BCUT2D eigenvalue weighted by Crippen LogP contribution is 2.45. The van der Waals surface area contributed by atoms with Gasteiger partial charge in [0.05, 0.1) is 22.9 Å². The molecule has 2 N–H and O–H groups in total. The van der Waals surface area contributed by atoms with Gasteiger partial charge in [0, 0.05) is 0 Å². The number of ether oxygens (including phenoxy) is 2. The second kappa shape index (κ2) is 3.97. The predicted molar refractivity (Wildman–Crippen MR) is 45.2 cm³/mol. The molecular formula is C6H10O6S. The summed E-state index contributed by atoms with van der Waals surface area (Å²) in [4.78, 5) is 10.7. The van der Waals surface area contributed by atoms with E-state index in [1.54, 1.807) is 0 Å². The topological polar surface area (TPSA) is 85.2 Å². The van der Waals surface area contributed by atoms with Crippen molar-refractivity contribution < 1.29 is 27.6 Å². The SMILES string of the molecule is C=COC(=O)OC1COS(O)(O)C1. The Labute approximate surface area is 76.6 Å². The van der Waals surface area contributed by atoms with E-state index in [9.17, 15) is 4.79 Å². The zero-order chi connectivity index (χ0) is 9.90. The predicted octanol–water partition coefficient (Wildman–Crippen LogP) is 1.35. The molecule has 1 aliphatic rings. The van der Waals surface area contributed by atoms with Crippen molar-refractivity contribution in [3.63, 3.8) is 0 Å². The third-order valence-electron chi connectivity index (χ3n) is 1.29. The Hall–Kier alpha value is -0.760. The summed E-state index contributed by atoms with van der Waals surface area (Å²) in [5.74, 6) is -0.112. The average molecular weight is 210 g/mol. The molecule has 1 unspecified atom stereocenters. The lowest BCUT2D eigenvalue weighted by atomic mass is 10.4. The molecule has 1 saturated heterocycles. The van der Waals surface area contributed by atoms with Gasteiger partial charge in [0.1, 0.15) is 12.7 Å². The van der Waals surface area contributed by atoms with E-state index < -0.39 is 23.1 Å². The van der Waals surface area contributed by atoms with Gasteiger partial charge in [0.25, 0.3) is 0 Å². The molecule has 0 aromatic heterocycles. The fraction of sp³-hybridized carbons (Fsp3) is 0.500. The van der Waals surface area contributed by atoms with Crippen molar-refractivity contribution in [1.29, 1.82) is 0 Å². The number of rotatable bonds is 2. The number of hydrogen-bond acceptors (Lipinski definition) is 6. The zero-order valence-electron chi connectivity index (χ0n) is 6.71. The van der Waals surface area contributed by atoms with Crippen molar-refractivity contribution in [1.82, 2.24) is 0 Å². The molecule has 0 saturated carbocycles. The minimum absolute atomic E-state index is 0.0332. The van der Waals surface area contributed by atoms with Crippen LogP contribution in [0.3, 0.4) is 0 Å². The molecule has 13 heavy (non-hydrogen) atoms. The molecule has 7 heteroatoms. The lowest BCUT2D eigenvalue weighted by Crippen LogP contribution is -2.20. The Morgan fingerprint density at radius 1 is 1.69 bits per heavy atom. The van der Waals surface area contributed by atoms with E-state index >= 15 is 0 Å². The number of hydrogen-bond donors (Lipinski definition) is 2. The first-order chi connectivity index (χ1) is 6.03. The maximum absolute atomic E-state index is 10.7. The molecule has 0 spiro atoms. The van der Waals surface area contributed by atoms with Gasteiger partial charge in [-0.3, -0.25) is 4.18 Å². The quantitative estimate of drug-likeness (QED) is 0.528. The van der Waals surface area contributed by atoms with Gasteiger partial charge in [-0.05, 0) is 0 Å². The molecule has 1 atom stereocenters. The molecule has 0 radical (unpaired) electrons. The van der Waals surface area contributed by atoms with Crippen molar-refractivity contribution in [2.75, 3.05) is 12.4 Å². The first-order valence-electron chi connectivity index (χ1n) is 3.42. The van der Waals surface area contributed by atoms with Crippen LogP contribution in [0.5, 0.6) is 0 Å². The Bertz CT molecular complexity index is 215. The maximum atomic E-state index is 10.7. The van der Waals surface area contributed by atoms with Gasteiger partial charge in [-0.25, -0.2) is 4.79 Å². The van der Waals surface area contributed by atoms with E-state index in [4.69, 9.17) is 9.11 Å². The minimum atomic E-state index is -3.01. The molecule has 0 amide bonds. The van der Waals surface area contributed by atoms with Gasteiger partial charge in [0.15, 0.2) is 0 Å². The summed E-state index contributed by atoms with van der Waals surface area (Å²) in [5, 5.41) is 0. The van der Waals surface area contributed by atoms with Crippen molar-refractivity contribution in [2.24, 2.45) is 0 Å². The molecule has 76 valence electrons. The van der Waals surface area contributed by atoms with Crippen LogP contribution in [-0.4, -0.2) is 33.7 Å². The summed E-state index contributed by atoms with van der Waals surface area (Å²) in [6, 6.07) is 0. The number of carbonyl (C=O) groups excluding carboxylic acids is 1. The Morgan fingerprint density at radius 2 is 2.38 bits per heavy atom. The van der Waals surface area contributed by atoms with E-state index in [2.05, 4.69) is 20.2 Å². The van der Waals surface area contributed by atoms with Gasteiger partial charge in [-0.15, -0.1) is 0 Å². The zero-order valence-corrected chi connectivity index (χ0v) is 7.53. The summed E-state index contributed by atoms with van der Waals surface area (Å²) < 4.78 is 31.4. The standard InChI is InChI=1S/C6H10O6S/c1-2-10-6(7)12-5-3-11-13(8,9)4-5/h2,5,8-9H,1,3-4H2. The summed E-state index contributed by atoms with van der Waals surface area (Å²) >= 11 is 0. The lowest BCUT2D eigenvalue weighted by molar-refractivity contribution is 0.0460. The summed E-state index contributed by atoms with van der Waals surface area (Å²) in [5.41, 5.74) is 0. The van der Waals surface area contributed by atoms with Crippen LogP contribution < -0.4 is 0 Å². The average Bonchev–Trinajstić information content (AvgIpc) is 2.30. The third-order valence-corrected chi connectivity index (χ3v) is 2.61. The maximum Gasteiger partial charge on any atom is 0.513 e. The van der Waals surface area contributed by atoms with Crippen LogP contribution in [0.15, 0.2) is 12.8 Å². The highest BCUT2D eigenvalue weighted by Gasteiger charge is 2.35. The monoisotopic (exact) mass is 210 g/mol. The molecule has 6 nitrogen and oxygen atoms in total. The number of carbonyl (C=O) groups is 1. The van der Waals surface area contributed by atoms with Crippen LogP contribution in [0.2, 0.25) is 0 Å². The van der Waals surface area contributed by atoms with E-state index in [1.807, 2.05) is 0 Å². The van der Waals surface area contributed by atoms with Gasteiger partial charge >= 0.3 is 6.16 Å². The van der Waals surface area contributed by atoms with Crippen LogP contribution >= 0.6 is 10.9 Å². The highest BCUT2D eigenvalue weighted by atomic mass is 32.3. The van der Waals surface area contributed by atoms with Gasteiger partial charge in [-0.1, -0.05) is 6.58 Å². The molecule has 0 aliphatic carbocycles. The minimum Gasteiger partial charge on any atom is -0.427 e. The molecular weight excluding hydrogens is 200 g/mol. The van der Waals surface area contributed by atoms with E-state index in [-0.39, 0.29) is 12.4 Å². The summed E-state index contributed by atoms with van der Waals surface area (Å²) in [7, 11) is -3.01. The van der Waals surface area contributed by atoms with Gasteiger partial charge in [-0.2, -0.15) is 0 Å². The van der Waals surface area contributed by atoms with E-state index in [0.29, 0.717) is 0 Å². The van der Waals surface area contributed by atoms with E-state index in [1.165, 1.54) is 0 Å². The first kappa shape index (κ1) is 10.3. The summed E-state index contributed by atoms with van der Waals surface area (Å²) in [6.45, 7) is 3.12. The fourth-order valence-electron chi connectivity index (χ4n) is 0.823. The first-order valence-corrected chi connectivity index (χ1v) is 5.06. The van der Waals surface area contributed by atoms with Gasteiger partial charge in [0.2, 0.25) is 0 Å². The van der Waals surface area contributed by atoms with Gasteiger partial charge < -0.3 is 18.6 Å². The molecule has 1 rings (SSSR count). The van der Waals surface area contributed by atoms with Crippen molar-refractivity contribution >= 4 is 17.0 Å². The van der Waals surface area contributed by atoms with Crippen LogP contribution in [0.4, 0.5) is 4.79 Å². The Morgan fingerprint density at radius 3 is 2.85 bits per heavy atom. The smallest absolute Gasteiger partial charge is 0.427 e. The lowest BCUT2D eigenvalue weighted by Gasteiger charge is -2.17. The van der Waals surface area contributed by atoms with Crippen LogP contribution in [0.25, 0.3) is 0 Å². The molecule has 1 aliphatic heterocycles. The Kier molecular flexibility index (Phi) is 3.15. The van der Waals surface area contributed by atoms with Crippen LogP contribution in [-0.2, 0) is 13.7 Å². The van der Waals surface area contributed by atoms with Crippen molar-refractivity contribution in [2.45, 2.75) is 6.10 Å². The van der Waals surface area contributed by atoms with Crippen LogP contribution in [0, 0.1) is 0 Å². The molecule has 1 heterocycles. The summed E-state index contributed by atoms with van der Waals surface area (Å²) in [6.07, 6.45) is -0.672. The molecule has 1 fully saturated rings. The highest BCUT2D eigenvalue weighted by molar-refractivity contribution is 8.20. The Balaban J connectivity index is 2.32. The van der Waals surface area contributed by atoms with Crippen molar-refractivity contribution in [3.05, 3.63) is 12.8 Å². The molecule has 0 bridgehead atoms. The van der Waals surface area contributed by atoms with E-state index in [0.717, 1.165) is 6.26 Å². The molecule has 0 aromatic carbocycles. The fourth-order valence-corrected chi connectivity index (χ4v) is 1.94. The third kappa shape index (κ3) is 3.23. The molecule has 0 aromatic rings.